The summed E-state index contributed by atoms with van der Waals surface area (Å²) < 4.78 is 0. The highest BCUT2D eigenvalue weighted by Gasteiger charge is 2.08. The number of benzene rings is 6. The van der Waals surface area contributed by atoms with Gasteiger partial charge in [-0.2, -0.15) is 0 Å². The number of pyridine rings is 1. The van der Waals surface area contributed by atoms with Crippen LogP contribution in [0.3, 0.4) is 0 Å². The van der Waals surface area contributed by atoms with Crippen LogP contribution in [0.25, 0.3) is 21.8 Å². The second-order valence-corrected chi connectivity index (χ2v) is 12.1. The molecule has 0 atom stereocenters. The lowest BCUT2D eigenvalue weighted by molar-refractivity contribution is 1.12. The topological polar surface area (TPSA) is 91.0 Å². The summed E-state index contributed by atoms with van der Waals surface area (Å²) in [6, 6.07) is 46.9. The lowest BCUT2D eigenvalue weighted by Crippen LogP contribution is -1.99. The minimum Gasteiger partial charge on any atom is -0.399 e. The van der Waals surface area contributed by atoms with Gasteiger partial charge in [0.15, 0.2) is 0 Å². The van der Waals surface area contributed by atoms with Crippen LogP contribution in [-0.4, -0.2) is 4.98 Å². The van der Waals surface area contributed by atoms with Gasteiger partial charge in [0.25, 0.3) is 0 Å². The van der Waals surface area contributed by atoms with Gasteiger partial charge >= 0.3 is 0 Å². The minimum absolute atomic E-state index is 0.746. The van der Waals surface area contributed by atoms with Gasteiger partial charge in [-0.3, -0.25) is 0 Å². The number of rotatable bonds is 8. The van der Waals surface area contributed by atoms with Crippen LogP contribution in [0.5, 0.6) is 0 Å². The number of hydrogen-bond acceptors (Lipinski definition) is 4. The van der Waals surface area contributed by atoms with Crippen LogP contribution in [0.2, 0.25) is 0 Å². The average molecular weight is 585 g/mol. The summed E-state index contributed by atoms with van der Waals surface area (Å²) in [6.07, 6.45) is 3.46. The summed E-state index contributed by atoms with van der Waals surface area (Å²) in [7, 11) is 0. The molecule has 7 rings (SSSR count). The van der Waals surface area contributed by atoms with Crippen LogP contribution in [0.1, 0.15) is 44.5 Å². The van der Waals surface area contributed by atoms with Crippen LogP contribution >= 0.6 is 0 Å². The van der Waals surface area contributed by atoms with E-state index in [2.05, 4.69) is 97.1 Å². The SMILES string of the molecule is Nc1ccc(Cc2ccc(Cc3ccc(Cc4ccc(N)c(Cc5ccc6nc7ccc(N)cc7cc6c5)c4)cc3)cc2)cc1. The number of hydrogen-bond donors (Lipinski definition) is 3. The van der Waals surface area contributed by atoms with Gasteiger partial charge in [-0.15, -0.1) is 0 Å². The smallest absolute Gasteiger partial charge is 0.0711 e. The molecule has 0 saturated carbocycles. The van der Waals surface area contributed by atoms with Crippen molar-refractivity contribution < 1.29 is 0 Å². The molecule has 0 aliphatic heterocycles. The number of nitrogens with two attached hydrogens (primary N) is 3. The molecule has 4 nitrogen and oxygen atoms in total. The fourth-order valence-corrected chi connectivity index (χ4v) is 6.05. The number of fused-ring (bicyclic) bond motifs is 2. The van der Waals surface area contributed by atoms with Crippen LogP contribution in [0.4, 0.5) is 17.1 Å². The number of anilines is 3. The van der Waals surface area contributed by atoms with Gasteiger partial charge in [-0.05, 0) is 125 Å². The van der Waals surface area contributed by atoms with Gasteiger partial charge in [0.1, 0.15) is 0 Å². The standard InChI is InChI=1S/C41H36N4/c42-37-13-9-31(10-14-37)20-29-3-1-27(2-4-29)19-28-5-7-30(8-6-28)21-32-11-16-39(44)34(22-32)23-33-12-17-40-35(24-33)25-36-26-38(43)15-18-41(36)45-40/h1-18,22,24-26H,19-21,23,42-44H2. The van der Waals surface area contributed by atoms with Gasteiger partial charge in [-0.1, -0.05) is 78.9 Å². The van der Waals surface area contributed by atoms with Crippen molar-refractivity contribution in [3.8, 4) is 0 Å². The van der Waals surface area contributed by atoms with E-state index in [4.69, 9.17) is 22.2 Å². The van der Waals surface area contributed by atoms with E-state index in [1.807, 2.05) is 36.4 Å². The summed E-state index contributed by atoms with van der Waals surface area (Å²) >= 11 is 0. The Labute approximate surface area is 264 Å². The van der Waals surface area contributed by atoms with E-state index < -0.39 is 0 Å². The molecule has 0 radical (unpaired) electrons. The predicted octanol–water partition coefficient (Wildman–Crippen LogP) is 8.50. The molecule has 0 fully saturated rings. The van der Waals surface area contributed by atoms with Crippen molar-refractivity contribution >= 4 is 38.9 Å². The van der Waals surface area contributed by atoms with Gasteiger partial charge in [0.2, 0.25) is 0 Å². The van der Waals surface area contributed by atoms with Crippen molar-refractivity contribution in [3.63, 3.8) is 0 Å². The summed E-state index contributed by atoms with van der Waals surface area (Å²) in [5.41, 5.74) is 32.7. The molecule has 1 heterocycles. The molecule has 0 aliphatic rings. The monoisotopic (exact) mass is 584 g/mol. The molecular weight excluding hydrogens is 548 g/mol. The number of nitrogen functional groups attached to an aromatic ring is 3. The molecule has 7 aromatic rings. The highest BCUT2D eigenvalue weighted by molar-refractivity contribution is 5.94. The highest BCUT2D eigenvalue weighted by Crippen LogP contribution is 2.26. The van der Waals surface area contributed by atoms with E-state index in [0.717, 1.165) is 70.1 Å². The molecule has 4 heteroatoms. The third-order valence-corrected chi connectivity index (χ3v) is 8.55. The summed E-state index contributed by atoms with van der Waals surface area (Å²) in [5, 5.41) is 2.16. The number of nitrogens with zero attached hydrogens (tertiary/aromatic N) is 1. The van der Waals surface area contributed by atoms with Crippen LogP contribution in [0.15, 0.2) is 133 Å². The first-order valence-electron chi connectivity index (χ1n) is 15.4. The zero-order valence-corrected chi connectivity index (χ0v) is 25.2. The maximum atomic E-state index is 6.45. The molecule has 0 amide bonds. The quantitative estimate of drug-likeness (QED) is 0.123. The van der Waals surface area contributed by atoms with Crippen molar-refractivity contribution in [2.75, 3.05) is 17.2 Å². The molecule has 6 N–H and O–H groups in total. The van der Waals surface area contributed by atoms with Crippen molar-refractivity contribution in [3.05, 3.63) is 178 Å². The maximum absolute atomic E-state index is 6.45. The molecule has 220 valence electrons. The second kappa shape index (κ2) is 12.2. The summed E-state index contributed by atoms with van der Waals surface area (Å²) in [6.45, 7) is 0. The van der Waals surface area contributed by atoms with Crippen molar-refractivity contribution in [1.82, 2.24) is 4.98 Å². The first-order chi connectivity index (χ1) is 21.9. The summed E-state index contributed by atoms with van der Waals surface area (Å²) in [4.78, 5) is 4.81. The Kier molecular flexibility index (Phi) is 7.62. The van der Waals surface area contributed by atoms with Gasteiger partial charge in [0.05, 0.1) is 11.0 Å². The molecule has 45 heavy (non-hydrogen) atoms. The molecule has 0 bridgehead atoms. The normalized spacial score (nSPS) is 11.3. The lowest BCUT2D eigenvalue weighted by Gasteiger charge is -2.11. The number of aromatic nitrogens is 1. The lowest BCUT2D eigenvalue weighted by atomic mass is 9.96. The van der Waals surface area contributed by atoms with E-state index in [-0.39, 0.29) is 0 Å². The van der Waals surface area contributed by atoms with Crippen LogP contribution in [-0.2, 0) is 25.7 Å². The van der Waals surface area contributed by atoms with E-state index in [0.29, 0.717) is 0 Å². The molecule has 0 spiro atoms. The third-order valence-electron chi connectivity index (χ3n) is 8.55. The van der Waals surface area contributed by atoms with Crippen molar-refractivity contribution in [1.29, 1.82) is 0 Å². The van der Waals surface area contributed by atoms with Crippen molar-refractivity contribution in [2.45, 2.75) is 25.7 Å². The van der Waals surface area contributed by atoms with E-state index >= 15 is 0 Å². The molecule has 0 unspecified atom stereocenters. The predicted molar refractivity (Wildman–Crippen MR) is 189 cm³/mol. The fraction of sp³-hybridized carbons (Fsp3) is 0.0976. The zero-order valence-electron chi connectivity index (χ0n) is 25.2. The Morgan fingerprint density at radius 3 is 1.38 bits per heavy atom. The Morgan fingerprint density at radius 2 is 0.778 bits per heavy atom. The highest BCUT2D eigenvalue weighted by atomic mass is 14.7. The first kappa shape index (κ1) is 28.2. The molecular formula is C41H36N4. The largest absolute Gasteiger partial charge is 0.399 e. The molecule has 1 aromatic heterocycles. The molecule has 6 aromatic carbocycles. The van der Waals surface area contributed by atoms with Gasteiger partial charge < -0.3 is 17.2 Å². The maximum Gasteiger partial charge on any atom is 0.0711 e. The van der Waals surface area contributed by atoms with E-state index in [9.17, 15) is 0 Å². The Balaban J connectivity index is 1.01. The van der Waals surface area contributed by atoms with Gasteiger partial charge in [-0.25, -0.2) is 4.98 Å². The Morgan fingerprint density at radius 1 is 0.356 bits per heavy atom. The molecule has 0 saturated heterocycles. The van der Waals surface area contributed by atoms with Crippen LogP contribution < -0.4 is 17.2 Å². The second-order valence-electron chi connectivity index (χ2n) is 12.1. The zero-order chi connectivity index (χ0) is 30.8. The van der Waals surface area contributed by atoms with Crippen molar-refractivity contribution in [2.24, 2.45) is 0 Å². The third kappa shape index (κ3) is 6.66. The average Bonchev–Trinajstić information content (AvgIpc) is 3.04. The van der Waals surface area contributed by atoms with Gasteiger partial charge in [0, 0.05) is 27.8 Å². The summed E-state index contributed by atoms with van der Waals surface area (Å²) in [5.74, 6) is 0. The fourth-order valence-electron chi connectivity index (χ4n) is 6.05. The van der Waals surface area contributed by atoms with Crippen LogP contribution in [0, 0.1) is 0 Å². The first-order valence-corrected chi connectivity index (χ1v) is 15.4. The minimum atomic E-state index is 0.746. The Hall–Kier alpha value is -5.61. The van der Waals surface area contributed by atoms with E-state index in [1.165, 1.54) is 38.9 Å². The van der Waals surface area contributed by atoms with E-state index in [1.54, 1.807) is 0 Å². The molecule has 0 aliphatic carbocycles. The Bertz CT molecular complexity index is 2110.